The van der Waals surface area contributed by atoms with Crippen LogP contribution in [0.4, 0.5) is 0 Å². The van der Waals surface area contributed by atoms with Gasteiger partial charge in [0.15, 0.2) is 0 Å². The Morgan fingerprint density at radius 2 is 1.55 bits per heavy atom. The van der Waals surface area contributed by atoms with Gasteiger partial charge in [0.05, 0.1) is 0 Å². The molecular weight excluding hydrogens is 132 g/mol. The van der Waals surface area contributed by atoms with Crippen molar-refractivity contribution in [2.24, 2.45) is 11.8 Å². The Morgan fingerprint density at radius 3 is 1.73 bits per heavy atom. The van der Waals surface area contributed by atoms with Gasteiger partial charge >= 0.3 is 0 Å². The molecule has 0 heteroatoms. The molecule has 0 radical (unpaired) electrons. The molecule has 0 saturated heterocycles. The van der Waals surface area contributed by atoms with Crippen molar-refractivity contribution in [2.45, 2.75) is 46.5 Å². The van der Waals surface area contributed by atoms with E-state index in [9.17, 15) is 0 Å². The Balaban J connectivity index is 0.000000292. The Morgan fingerprint density at radius 1 is 1.18 bits per heavy atom. The number of hydrogen-bond donors (Lipinski definition) is 0. The van der Waals surface area contributed by atoms with E-state index in [-0.39, 0.29) is 0 Å². The van der Waals surface area contributed by atoms with Gasteiger partial charge < -0.3 is 0 Å². The van der Waals surface area contributed by atoms with Crippen molar-refractivity contribution in [3.63, 3.8) is 0 Å². The molecule has 0 N–H and O–H groups in total. The molecular formula is C11H22. The fraction of sp³-hybridized carbons (Fsp3) is 0.818. The van der Waals surface area contributed by atoms with Crippen molar-refractivity contribution in [1.29, 1.82) is 0 Å². The minimum atomic E-state index is 1.01. The summed E-state index contributed by atoms with van der Waals surface area (Å²) < 4.78 is 0. The van der Waals surface area contributed by atoms with E-state index in [1.807, 2.05) is 6.92 Å². The minimum absolute atomic E-state index is 1.01. The maximum absolute atomic E-state index is 3.36. The lowest BCUT2D eigenvalue weighted by Gasteiger charge is -2.22. The molecule has 0 aliphatic heterocycles. The molecule has 0 bridgehead atoms. The third-order valence-electron chi connectivity index (χ3n) is 2.20. The Kier molecular flexibility index (Phi) is 6.30. The van der Waals surface area contributed by atoms with E-state index in [1.54, 1.807) is 6.08 Å². The summed E-state index contributed by atoms with van der Waals surface area (Å²) in [7, 11) is 0. The van der Waals surface area contributed by atoms with E-state index >= 15 is 0 Å². The molecule has 66 valence electrons. The third-order valence-corrected chi connectivity index (χ3v) is 2.20. The second-order valence-electron chi connectivity index (χ2n) is 3.79. The lowest BCUT2D eigenvalue weighted by Crippen LogP contribution is -2.09. The molecule has 2 atom stereocenters. The van der Waals surface area contributed by atoms with Crippen molar-refractivity contribution in [3.8, 4) is 0 Å². The van der Waals surface area contributed by atoms with Crippen LogP contribution < -0.4 is 0 Å². The molecule has 1 saturated carbocycles. The highest BCUT2D eigenvalue weighted by Crippen LogP contribution is 2.27. The lowest BCUT2D eigenvalue weighted by molar-refractivity contribution is 0.301. The van der Waals surface area contributed by atoms with Crippen molar-refractivity contribution in [1.82, 2.24) is 0 Å². The summed E-state index contributed by atoms with van der Waals surface area (Å²) in [5.41, 5.74) is 0. The monoisotopic (exact) mass is 154 g/mol. The van der Waals surface area contributed by atoms with E-state index in [1.165, 1.54) is 25.7 Å². The largest absolute Gasteiger partial charge is 0.103 e. The third kappa shape index (κ3) is 6.15. The minimum Gasteiger partial charge on any atom is -0.103 e. The van der Waals surface area contributed by atoms with Crippen LogP contribution in [0.15, 0.2) is 12.7 Å². The zero-order valence-corrected chi connectivity index (χ0v) is 8.27. The van der Waals surface area contributed by atoms with E-state index < -0.39 is 0 Å². The first-order valence-electron chi connectivity index (χ1n) is 4.77. The molecule has 1 rings (SSSR count). The first-order chi connectivity index (χ1) is 5.20. The summed E-state index contributed by atoms with van der Waals surface area (Å²) in [5, 5.41) is 0. The van der Waals surface area contributed by atoms with Gasteiger partial charge in [-0.05, 0) is 25.2 Å². The highest BCUT2D eigenvalue weighted by Gasteiger charge is 2.13. The Labute approximate surface area is 71.7 Å². The lowest BCUT2D eigenvalue weighted by atomic mass is 9.84. The molecule has 1 fully saturated rings. The van der Waals surface area contributed by atoms with Gasteiger partial charge in [0.2, 0.25) is 0 Å². The van der Waals surface area contributed by atoms with Crippen LogP contribution in [-0.2, 0) is 0 Å². The molecule has 0 spiro atoms. The van der Waals surface area contributed by atoms with Gasteiger partial charge in [-0.15, -0.1) is 6.58 Å². The summed E-state index contributed by atoms with van der Waals surface area (Å²) in [4.78, 5) is 0. The van der Waals surface area contributed by atoms with Crippen LogP contribution in [0.25, 0.3) is 0 Å². The zero-order valence-electron chi connectivity index (χ0n) is 8.27. The highest BCUT2D eigenvalue weighted by atomic mass is 14.2. The van der Waals surface area contributed by atoms with Crippen LogP contribution in [0.1, 0.15) is 46.5 Å². The standard InChI is InChI=1S/C8H16.C3H6/c1-7-4-3-5-8(2)6-7;1-3-2/h7-8H,3-6H2,1-2H3;3H,1H2,2H3. The van der Waals surface area contributed by atoms with Crippen LogP contribution in [-0.4, -0.2) is 0 Å². The van der Waals surface area contributed by atoms with Gasteiger partial charge in [-0.2, -0.15) is 0 Å². The van der Waals surface area contributed by atoms with Crippen molar-refractivity contribution in [3.05, 3.63) is 12.7 Å². The van der Waals surface area contributed by atoms with Crippen LogP contribution in [0.3, 0.4) is 0 Å². The molecule has 0 heterocycles. The fourth-order valence-corrected chi connectivity index (χ4v) is 1.74. The molecule has 0 aromatic carbocycles. The van der Waals surface area contributed by atoms with E-state index in [0.29, 0.717) is 0 Å². The predicted molar refractivity (Wildman–Crippen MR) is 52.7 cm³/mol. The Bertz CT molecular complexity index is 86.2. The van der Waals surface area contributed by atoms with Gasteiger partial charge in [-0.1, -0.05) is 39.2 Å². The molecule has 0 aromatic heterocycles. The van der Waals surface area contributed by atoms with E-state index in [0.717, 1.165) is 11.8 Å². The summed E-state index contributed by atoms with van der Waals surface area (Å²) >= 11 is 0. The second-order valence-corrected chi connectivity index (χ2v) is 3.79. The Hall–Kier alpha value is -0.260. The van der Waals surface area contributed by atoms with Gasteiger partial charge in [0.1, 0.15) is 0 Å². The number of allylic oxidation sites excluding steroid dienone is 1. The van der Waals surface area contributed by atoms with Crippen molar-refractivity contribution >= 4 is 0 Å². The van der Waals surface area contributed by atoms with Gasteiger partial charge in [0.25, 0.3) is 0 Å². The summed E-state index contributed by atoms with van der Waals surface area (Å²) in [6.07, 6.45) is 7.65. The van der Waals surface area contributed by atoms with Gasteiger partial charge in [-0.25, -0.2) is 0 Å². The summed E-state index contributed by atoms with van der Waals surface area (Å²) in [5.74, 6) is 2.03. The van der Waals surface area contributed by atoms with E-state index in [2.05, 4.69) is 20.4 Å². The van der Waals surface area contributed by atoms with Crippen molar-refractivity contribution < 1.29 is 0 Å². The van der Waals surface area contributed by atoms with Gasteiger partial charge in [0, 0.05) is 0 Å². The first kappa shape index (κ1) is 10.7. The van der Waals surface area contributed by atoms with Crippen LogP contribution in [0.2, 0.25) is 0 Å². The average Bonchev–Trinajstić information content (AvgIpc) is 1.88. The molecule has 2 unspecified atom stereocenters. The summed E-state index contributed by atoms with van der Waals surface area (Å²) in [6, 6.07) is 0. The zero-order chi connectivity index (χ0) is 8.69. The normalized spacial score (nSPS) is 30.1. The van der Waals surface area contributed by atoms with Crippen molar-refractivity contribution in [2.75, 3.05) is 0 Å². The predicted octanol–water partition coefficient (Wildman–Crippen LogP) is 4.02. The maximum atomic E-state index is 3.36. The smallest absolute Gasteiger partial charge is 0.0440 e. The summed E-state index contributed by atoms with van der Waals surface area (Å²) in [6.45, 7) is 9.99. The highest BCUT2D eigenvalue weighted by molar-refractivity contribution is 4.66. The fourth-order valence-electron chi connectivity index (χ4n) is 1.74. The van der Waals surface area contributed by atoms with E-state index in [4.69, 9.17) is 0 Å². The quantitative estimate of drug-likeness (QED) is 0.462. The molecule has 0 aromatic rings. The molecule has 1 aliphatic carbocycles. The SMILES string of the molecule is C=CC.CC1CCCC(C)C1. The van der Waals surface area contributed by atoms with Crippen LogP contribution in [0, 0.1) is 11.8 Å². The van der Waals surface area contributed by atoms with Gasteiger partial charge in [-0.3, -0.25) is 0 Å². The molecule has 11 heavy (non-hydrogen) atoms. The number of hydrogen-bond acceptors (Lipinski definition) is 0. The maximum Gasteiger partial charge on any atom is -0.0440 e. The topological polar surface area (TPSA) is 0 Å². The first-order valence-corrected chi connectivity index (χ1v) is 4.77. The van der Waals surface area contributed by atoms with Crippen LogP contribution in [0.5, 0.6) is 0 Å². The molecule has 0 amide bonds. The number of rotatable bonds is 0. The average molecular weight is 154 g/mol. The molecule has 1 aliphatic rings. The molecule has 0 nitrogen and oxygen atoms in total. The second kappa shape index (κ2) is 6.45. The van der Waals surface area contributed by atoms with Crippen LogP contribution >= 0.6 is 0 Å².